The second kappa shape index (κ2) is 6.01. The molecule has 0 spiro atoms. The molecular formula is C15H20Cl2N2. The molecule has 2 fully saturated rings. The minimum absolute atomic E-state index is 0.736. The van der Waals surface area contributed by atoms with Crippen LogP contribution in [0.3, 0.4) is 0 Å². The maximum Gasteiger partial charge on any atom is 0.0452 e. The number of likely N-dealkylation sites (tertiary alicyclic amines) is 1. The molecule has 2 atom stereocenters. The number of piperidine rings is 2. The first-order valence-electron chi connectivity index (χ1n) is 7.12. The van der Waals surface area contributed by atoms with Crippen molar-refractivity contribution in [1.29, 1.82) is 0 Å². The van der Waals surface area contributed by atoms with Gasteiger partial charge in [-0.2, -0.15) is 0 Å². The summed E-state index contributed by atoms with van der Waals surface area (Å²) < 4.78 is 0. The summed E-state index contributed by atoms with van der Waals surface area (Å²) in [7, 11) is 0. The van der Waals surface area contributed by atoms with Gasteiger partial charge in [-0.15, -0.1) is 0 Å². The van der Waals surface area contributed by atoms with E-state index in [9.17, 15) is 0 Å². The van der Waals surface area contributed by atoms with Crippen molar-refractivity contribution in [3.8, 4) is 0 Å². The van der Waals surface area contributed by atoms with E-state index in [1.165, 1.54) is 32.4 Å². The summed E-state index contributed by atoms with van der Waals surface area (Å²) in [5.74, 6) is 0.806. The zero-order valence-electron chi connectivity index (χ0n) is 11.0. The molecule has 2 saturated heterocycles. The Kier molecular flexibility index (Phi) is 4.33. The average molecular weight is 299 g/mol. The van der Waals surface area contributed by atoms with Crippen molar-refractivity contribution in [3.63, 3.8) is 0 Å². The van der Waals surface area contributed by atoms with E-state index < -0.39 is 0 Å². The van der Waals surface area contributed by atoms with E-state index in [0.29, 0.717) is 0 Å². The highest BCUT2D eigenvalue weighted by molar-refractivity contribution is 6.33. The molecule has 1 aromatic carbocycles. The Labute approximate surface area is 125 Å². The zero-order chi connectivity index (χ0) is 13.2. The van der Waals surface area contributed by atoms with Crippen LogP contribution in [0.5, 0.6) is 0 Å². The van der Waals surface area contributed by atoms with Gasteiger partial charge in [0.25, 0.3) is 0 Å². The Morgan fingerprint density at radius 3 is 3.05 bits per heavy atom. The van der Waals surface area contributed by atoms with Gasteiger partial charge in [-0.05, 0) is 62.0 Å². The van der Waals surface area contributed by atoms with Crippen LogP contribution in [0.1, 0.15) is 24.8 Å². The molecule has 19 heavy (non-hydrogen) atoms. The number of hydrogen-bond acceptors (Lipinski definition) is 2. The summed E-state index contributed by atoms with van der Waals surface area (Å²) in [5, 5.41) is 5.25. The van der Waals surface area contributed by atoms with E-state index in [-0.39, 0.29) is 0 Å². The number of nitrogens with zero attached hydrogens (tertiary/aromatic N) is 1. The Morgan fingerprint density at radius 2 is 2.16 bits per heavy atom. The van der Waals surface area contributed by atoms with Crippen LogP contribution in [-0.2, 0) is 6.54 Å². The quantitative estimate of drug-likeness (QED) is 0.898. The van der Waals surface area contributed by atoms with Crippen molar-refractivity contribution in [2.45, 2.75) is 31.8 Å². The predicted molar refractivity (Wildman–Crippen MR) is 80.9 cm³/mol. The van der Waals surface area contributed by atoms with Crippen LogP contribution in [0.15, 0.2) is 18.2 Å². The second-order valence-corrected chi connectivity index (χ2v) is 6.57. The van der Waals surface area contributed by atoms with Gasteiger partial charge in [0, 0.05) is 29.2 Å². The minimum Gasteiger partial charge on any atom is -0.314 e. The Balaban J connectivity index is 1.65. The lowest BCUT2D eigenvalue weighted by atomic mass is 9.85. The molecule has 2 nitrogen and oxygen atoms in total. The molecule has 1 N–H and O–H groups in total. The number of benzene rings is 1. The normalized spacial score (nSPS) is 28.1. The maximum atomic E-state index is 6.26. The van der Waals surface area contributed by atoms with Gasteiger partial charge in [0.05, 0.1) is 0 Å². The van der Waals surface area contributed by atoms with Crippen LogP contribution in [0, 0.1) is 5.92 Å². The molecule has 2 unspecified atom stereocenters. The van der Waals surface area contributed by atoms with Gasteiger partial charge < -0.3 is 5.32 Å². The van der Waals surface area contributed by atoms with Gasteiger partial charge in [-0.1, -0.05) is 23.2 Å². The smallest absolute Gasteiger partial charge is 0.0452 e. The van der Waals surface area contributed by atoms with Crippen LogP contribution in [0.2, 0.25) is 10.0 Å². The molecule has 1 aromatic rings. The van der Waals surface area contributed by atoms with Crippen LogP contribution in [0.25, 0.3) is 0 Å². The largest absolute Gasteiger partial charge is 0.314 e. The number of hydrogen-bond donors (Lipinski definition) is 1. The first-order valence-corrected chi connectivity index (χ1v) is 7.87. The first kappa shape index (κ1) is 13.7. The molecule has 0 radical (unpaired) electrons. The lowest BCUT2D eigenvalue weighted by molar-refractivity contribution is 0.109. The van der Waals surface area contributed by atoms with Gasteiger partial charge in [0.2, 0.25) is 0 Å². The Morgan fingerprint density at radius 1 is 1.26 bits per heavy atom. The summed E-state index contributed by atoms with van der Waals surface area (Å²) in [5.41, 5.74) is 1.15. The van der Waals surface area contributed by atoms with E-state index in [0.717, 1.165) is 40.7 Å². The van der Waals surface area contributed by atoms with E-state index in [1.54, 1.807) is 0 Å². The monoisotopic (exact) mass is 298 g/mol. The molecule has 0 amide bonds. The summed E-state index contributed by atoms with van der Waals surface area (Å²) >= 11 is 12.3. The zero-order valence-corrected chi connectivity index (χ0v) is 12.6. The van der Waals surface area contributed by atoms with Crippen molar-refractivity contribution in [1.82, 2.24) is 10.2 Å². The summed E-state index contributed by atoms with van der Waals surface area (Å²) in [6.07, 6.45) is 3.92. The van der Waals surface area contributed by atoms with Gasteiger partial charge >= 0.3 is 0 Å². The molecule has 2 aliphatic heterocycles. The highest BCUT2D eigenvalue weighted by Gasteiger charge is 2.30. The number of halogens is 2. The van der Waals surface area contributed by atoms with Crippen LogP contribution in [-0.4, -0.2) is 30.6 Å². The molecule has 2 aliphatic rings. The second-order valence-electron chi connectivity index (χ2n) is 5.72. The Bertz CT molecular complexity index is 450. The molecule has 104 valence electrons. The first-order chi connectivity index (χ1) is 9.22. The van der Waals surface area contributed by atoms with Gasteiger partial charge in [-0.3, -0.25) is 4.90 Å². The lowest BCUT2D eigenvalue weighted by Crippen LogP contribution is -2.51. The van der Waals surface area contributed by atoms with E-state index >= 15 is 0 Å². The standard InChI is InChI=1S/C15H20Cl2N2/c16-13-3-4-14(17)12(8-13)10-19-7-5-15-11(9-19)2-1-6-18-15/h3-4,8,11,15,18H,1-2,5-7,9-10H2. The number of fused-ring (bicyclic) bond motifs is 1. The highest BCUT2D eigenvalue weighted by Crippen LogP contribution is 2.28. The fraction of sp³-hybridized carbons (Fsp3) is 0.600. The number of nitrogens with one attached hydrogen (secondary N) is 1. The molecule has 0 saturated carbocycles. The molecular weight excluding hydrogens is 279 g/mol. The van der Waals surface area contributed by atoms with Crippen molar-refractivity contribution in [3.05, 3.63) is 33.8 Å². The van der Waals surface area contributed by atoms with Gasteiger partial charge in [0.15, 0.2) is 0 Å². The van der Waals surface area contributed by atoms with E-state index in [1.807, 2.05) is 18.2 Å². The third kappa shape index (κ3) is 3.25. The molecule has 0 aromatic heterocycles. The van der Waals surface area contributed by atoms with Crippen molar-refractivity contribution >= 4 is 23.2 Å². The van der Waals surface area contributed by atoms with Crippen molar-refractivity contribution in [2.24, 2.45) is 5.92 Å². The van der Waals surface area contributed by atoms with Crippen molar-refractivity contribution < 1.29 is 0 Å². The molecule has 0 aliphatic carbocycles. The number of rotatable bonds is 2. The third-order valence-electron chi connectivity index (χ3n) is 4.38. The summed E-state index contributed by atoms with van der Waals surface area (Å²) in [4.78, 5) is 2.52. The van der Waals surface area contributed by atoms with E-state index in [4.69, 9.17) is 23.2 Å². The van der Waals surface area contributed by atoms with Crippen molar-refractivity contribution in [2.75, 3.05) is 19.6 Å². The lowest BCUT2D eigenvalue weighted by Gasteiger charge is -2.41. The molecule has 3 rings (SSSR count). The van der Waals surface area contributed by atoms with E-state index in [2.05, 4.69) is 10.2 Å². The minimum atomic E-state index is 0.736. The SMILES string of the molecule is Clc1ccc(Cl)c(CN2CCC3NCCCC3C2)c1. The Hall–Kier alpha value is -0.280. The maximum absolute atomic E-state index is 6.26. The molecule has 4 heteroatoms. The topological polar surface area (TPSA) is 15.3 Å². The average Bonchev–Trinajstić information content (AvgIpc) is 2.43. The van der Waals surface area contributed by atoms with Gasteiger partial charge in [-0.25, -0.2) is 0 Å². The fourth-order valence-electron chi connectivity index (χ4n) is 3.37. The van der Waals surface area contributed by atoms with Crippen LogP contribution >= 0.6 is 23.2 Å². The third-order valence-corrected chi connectivity index (χ3v) is 4.98. The summed E-state index contributed by atoms with van der Waals surface area (Å²) in [6, 6.07) is 6.48. The highest BCUT2D eigenvalue weighted by atomic mass is 35.5. The summed E-state index contributed by atoms with van der Waals surface area (Å²) in [6.45, 7) is 4.45. The predicted octanol–water partition coefficient (Wildman–Crippen LogP) is 3.57. The van der Waals surface area contributed by atoms with Crippen LogP contribution in [0.4, 0.5) is 0 Å². The molecule has 2 heterocycles. The van der Waals surface area contributed by atoms with Crippen LogP contribution < -0.4 is 5.32 Å². The fourth-order valence-corrected chi connectivity index (χ4v) is 3.74. The molecule has 0 bridgehead atoms. The van der Waals surface area contributed by atoms with Gasteiger partial charge in [0.1, 0.15) is 0 Å².